The van der Waals surface area contributed by atoms with Gasteiger partial charge in [-0.25, -0.2) is 0 Å². The molecule has 0 saturated carbocycles. The van der Waals surface area contributed by atoms with Crippen LogP contribution in [-0.4, -0.2) is 34.2 Å². The third kappa shape index (κ3) is 3.43. The fraction of sp³-hybridized carbons (Fsp3) is 0.467. The molecular formula is C15H19ClN4O. The van der Waals surface area contributed by atoms with Gasteiger partial charge in [0.15, 0.2) is 5.82 Å². The summed E-state index contributed by atoms with van der Waals surface area (Å²) in [5.74, 6) is 1.74. The summed E-state index contributed by atoms with van der Waals surface area (Å²) in [7, 11) is 0. The van der Waals surface area contributed by atoms with E-state index in [2.05, 4.69) is 22.0 Å². The van der Waals surface area contributed by atoms with Gasteiger partial charge in [0.1, 0.15) is 0 Å². The van der Waals surface area contributed by atoms with Crippen LogP contribution in [0.4, 0.5) is 0 Å². The zero-order valence-corrected chi connectivity index (χ0v) is 12.8. The highest BCUT2D eigenvalue weighted by atomic mass is 35.5. The van der Waals surface area contributed by atoms with Gasteiger partial charge >= 0.3 is 0 Å². The number of hydrogen-bond donors (Lipinski definition) is 1. The standard InChI is InChI=1S/C15H19ClN4O/c1-10-8-20(7-6-13(10)17)9-14-18-15(21-19-14)11-2-4-12(16)5-3-11/h2-5,10,13H,6-9,17H2,1H3. The molecule has 3 rings (SSSR count). The smallest absolute Gasteiger partial charge is 0.257 e. The molecule has 1 fully saturated rings. The Morgan fingerprint density at radius 2 is 2.14 bits per heavy atom. The molecule has 1 aromatic heterocycles. The van der Waals surface area contributed by atoms with E-state index in [0.29, 0.717) is 35.2 Å². The van der Waals surface area contributed by atoms with E-state index in [0.717, 1.165) is 25.1 Å². The normalized spacial score (nSPS) is 23.4. The summed E-state index contributed by atoms with van der Waals surface area (Å²) in [6, 6.07) is 7.68. The topological polar surface area (TPSA) is 68.2 Å². The number of piperidine rings is 1. The summed E-state index contributed by atoms with van der Waals surface area (Å²) in [5.41, 5.74) is 6.92. The van der Waals surface area contributed by atoms with Crippen LogP contribution in [0, 0.1) is 5.92 Å². The molecule has 2 aromatic rings. The SMILES string of the molecule is CC1CN(Cc2noc(-c3ccc(Cl)cc3)n2)CCC1N. The van der Waals surface area contributed by atoms with Gasteiger partial charge in [-0.2, -0.15) is 4.98 Å². The van der Waals surface area contributed by atoms with E-state index in [-0.39, 0.29) is 0 Å². The number of hydrogen-bond acceptors (Lipinski definition) is 5. The van der Waals surface area contributed by atoms with Gasteiger partial charge in [-0.3, -0.25) is 4.90 Å². The Kier molecular flexibility index (Phi) is 4.24. The Bertz CT molecular complexity index is 598. The predicted molar refractivity (Wildman–Crippen MR) is 81.8 cm³/mol. The van der Waals surface area contributed by atoms with Gasteiger partial charge in [-0.15, -0.1) is 0 Å². The van der Waals surface area contributed by atoms with Crippen molar-refractivity contribution in [3.05, 3.63) is 35.1 Å². The van der Waals surface area contributed by atoms with E-state index >= 15 is 0 Å². The molecule has 2 N–H and O–H groups in total. The van der Waals surface area contributed by atoms with Gasteiger partial charge in [0.25, 0.3) is 5.89 Å². The van der Waals surface area contributed by atoms with Gasteiger partial charge in [-0.05, 0) is 36.6 Å². The van der Waals surface area contributed by atoms with Crippen molar-refractivity contribution < 1.29 is 4.52 Å². The average molecular weight is 307 g/mol. The van der Waals surface area contributed by atoms with Crippen molar-refractivity contribution >= 4 is 11.6 Å². The number of nitrogens with zero attached hydrogens (tertiary/aromatic N) is 3. The van der Waals surface area contributed by atoms with Crippen molar-refractivity contribution in [3.8, 4) is 11.5 Å². The van der Waals surface area contributed by atoms with Crippen LogP contribution < -0.4 is 5.73 Å². The molecule has 0 spiro atoms. The summed E-state index contributed by atoms with van der Waals surface area (Å²) in [6.45, 7) is 4.85. The minimum Gasteiger partial charge on any atom is -0.334 e. The molecule has 0 radical (unpaired) electrons. The molecule has 2 unspecified atom stereocenters. The molecule has 1 aliphatic rings. The number of benzene rings is 1. The maximum atomic E-state index is 6.04. The summed E-state index contributed by atoms with van der Waals surface area (Å²) in [6.07, 6.45) is 1.02. The minimum atomic E-state index is 0.302. The largest absolute Gasteiger partial charge is 0.334 e. The first-order chi connectivity index (χ1) is 10.1. The Morgan fingerprint density at radius 1 is 1.38 bits per heavy atom. The van der Waals surface area contributed by atoms with Crippen LogP contribution in [0.1, 0.15) is 19.2 Å². The predicted octanol–water partition coefficient (Wildman–Crippen LogP) is 2.56. The van der Waals surface area contributed by atoms with E-state index in [1.807, 2.05) is 24.3 Å². The summed E-state index contributed by atoms with van der Waals surface area (Å²) < 4.78 is 5.32. The summed E-state index contributed by atoms with van der Waals surface area (Å²) in [5, 5.41) is 4.75. The van der Waals surface area contributed by atoms with E-state index in [1.165, 1.54) is 0 Å². The lowest BCUT2D eigenvalue weighted by atomic mass is 9.95. The Balaban J connectivity index is 1.66. The molecule has 5 nitrogen and oxygen atoms in total. The van der Waals surface area contributed by atoms with Crippen molar-refractivity contribution in [3.63, 3.8) is 0 Å². The van der Waals surface area contributed by atoms with Gasteiger partial charge in [-0.1, -0.05) is 23.7 Å². The molecular weight excluding hydrogens is 288 g/mol. The average Bonchev–Trinajstić information content (AvgIpc) is 2.92. The zero-order chi connectivity index (χ0) is 14.8. The summed E-state index contributed by atoms with van der Waals surface area (Å²) in [4.78, 5) is 6.78. The van der Waals surface area contributed by atoms with Crippen molar-refractivity contribution in [2.45, 2.75) is 25.9 Å². The van der Waals surface area contributed by atoms with E-state index in [9.17, 15) is 0 Å². The first-order valence-corrected chi connectivity index (χ1v) is 7.56. The molecule has 1 aromatic carbocycles. The minimum absolute atomic E-state index is 0.302. The second kappa shape index (κ2) is 6.13. The third-order valence-corrected chi connectivity index (χ3v) is 4.23. The van der Waals surface area contributed by atoms with Crippen LogP contribution in [0.3, 0.4) is 0 Å². The van der Waals surface area contributed by atoms with Gasteiger partial charge in [0.2, 0.25) is 0 Å². The molecule has 2 heterocycles. The van der Waals surface area contributed by atoms with Crippen LogP contribution in [0.5, 0.6) is 0 Å². The highest BCUT2D eigenvalue weighted by Crippen LogP contribution is 2.21. The number of halogens is 1. The molecule has 6 heteroatoms. The Morgan fingerprint density at radius 3 is 2.86 bits per heavy atom. The molecule has 0 aliphatic carbocycles. The second-order valence-electron chi connectivity index (χ2n) is 5.69. The molecule has 1 saturated heterocycles. The van der Waals surface area contributed by atoms with Crippen molar-refractivity contribution in [2.24, 2.45) is 11.7 Å². The van der Waals surface area contributed by atoms with Gasteiger partial charge < -0.3 is 10.3 Å². The third-order valence-electron chi connectivity index (χ3n) is 3.98. The maximum Gasteiger partial charge on any atom is 0.257 e. The Hall–Kier alpha value is -1.43. The number of rotatable bonds is 3. The molecule has 21 heavy (non-hydrogen) atoms. The van der Waals surface area contributed by atoms with E-state index in [1.54, 1.807) is 0 Å². The quantitative estimate of drug-likeness (QED) is 0.944. The second-order valence-corrected chi connectivity index (χ2v) is 6.12. The van der Waals surface area contributed by atoms with Gasteiger partial charge in [0, 0.05) is 29.7 Å². The fourth-order valence-corrected chi connectivity index (χ4v) is 2.75. The van der Waals surface area contributed by atoms with Gasteiger partial charge in [0.05, 0.1) is 6.54 Å². The van der Waals surface area contributed by atoms with Crippen molar-refractivity contribution in [1.29, 1.82) is 0 Å². The van der Waals surface area contributed by atoms with Crippen LogP contribution in [0.2, 0.25) is 5.02 Å². The fourth-order valence-electron chi connectivity index (χ4n) is 2.62. The van der Waals surface area contributed by atoms with Crippen LogP contribution in [0.15, 0.2) is 28.8 Å². The highest BCUT2D eigenvalue weighted by molar-refractivity contribution is 6.30. The lowest BCUT2D eigenvalue weighted by Crippen LogP contribution is -2.45. The van der Waals surface area contributed by atoms with E-state index < -0.39 is 0 Å². The first-order valence-electron chi connectivity index (χ1n) is 7.18. The number of aromatic nitrogens is 2. The maximum absolute atomic E-state index is 6.04. The number of nitrogens with two attached hydrogens (primary N) is 1. The molecule has 0 amide bonds. The van der Waals surface area contributed by atoms with Crippen LogP contribution in [-0.2, 0) is 6.54 Å². The first kappa shape index (κ1) is 14.5. The molecule has 112 valence electrons. The lowest BCUT2D eigenvalue weighted by Gasteiger charge is -2.34. The van der Waals surface area contributed by atoms with E-state index in [4.69, 9.17) is 21.9 Å². The zero-order valence-electron chi connectivity index (χ0n) is 12.0. The number of likely N-dealkylation sites (tertiary alicyclic amines) is 1. The molecule has 0 bridgehead atoms. The van der Waals surface area contributed by atoms with Crippen molar-refractivity contribution in [1.82, 2.24) is 15.0 Å². The molecule has 2 atom stereocenters. The Labute approximate surface area is 129 Å². The lowest BCUT2D eigenvalue weighted by molar-refractivity contribution is 0.153. The monoisotopic (exact) mass is 306 g/mol. The summed E-state index contributed by atoms with van der Waals surface area (Å²) >= 11 is 5.88. The molecule has 1 aliphatic heterocycles. The van der Waals surface area contributed by atoms with Crippen LogP contribution >= 0.6 is 11.6 Å². The van der Waals surface area contributed by atoms with Crippen molar-refractivity contribution in [2.75, 3.05) is 13.1 Å². The van der Waals surface area contributed by atoms with Crippen LogP contribution in [0.25, 0.3) is 11.5 Å². The highest BCUT2D eigenvalue weighted by Gasteiger charge is 2.24.